The van der Waals surface area contributed by atoms with Crippen LogP contribution in [0.2, 0.25) is 0 Å². The smallest absolute Gasteiger partial charge is 0.271 e. The lowest BCUT2D eigenvalue weighted by molar-refractivity contribution is 0.0934. The second kappa shape index (κ2) is 5.99. The van der Waals surface area contributed by atoms with Crippen LogP contribution in [0, 0.1) is 0 Å². The standard InChI is InChI=1S/C13H16N4O2/c1-9(6-10-4-3-5-19-10)16-13(18)11-7-15-8-12(14-2)17-11/h3-5,7-9H,6H2,1-2H3,(H,14,17)(H,16,18). The maximum absolute atomic E-state index is 12.0. The van der Waals surface area contributed by atoms with Crippen LogP contribution in [0.25, 0.3) is 0 Å². The lowest BCUT2D eigenvalue weighted by Crippen LogP contribution is -2.34. The number of aromatic nitrogens is 2. The molecule has 6 nitrogen and oxygen atoms in total. The zero-order chi connectivity index (χ0) is 13.7. The van der Waals surface area contributed by atoms with Gasteiger partial charge in [0.1, 0.15) is 17.3 Å². The average Bonchev–Trinajstić information content (AvgIpc) is 2.91. The van der Waals surface area contributed by atoms with Gasteiger partial charge >= 0.3 is 0 Å². The lowest BCUT2D eigenvalue weighted by Gasteiger charge is -2.12. The summed E-state index contributed by atoms with van der Waals surface area (Å²) >= 11 is 0. The second-order valence-electron chi connectivity index (χ2n) is 4.20. The molecule has 2 N–H and O–H groups in total. The largest absolute Gasteiger partial charge is 0.469 e. The van der Waals surface area contributed by atoms with Gasteiger partial charge in [-0.05, 0) is 19.1 Å². The van der Waals surface area contributed by atoms with Crippen LogP contribution in [0.15, 0.2) is 35.2 Å². The number of rotatable bonds is 5. The Morgan fingerprint density at radius 3 is 3.00 bits per heavy atom. The number of amides is 1. The minimum Gasteiger partial charge on any atom is -0.469 e. The van der Waals surface area contributed by atoms with Crippen molar-refractivity contribution >= 4 is 11.7 Å². The van der Waals surface area contributed by atoms with Crippen molar-refractivity contribution in [3.8, 4) is 0 Å². The van der Waals surface area contributed by atoms with Crippen LogP contribution in [-0.4, -0.2) is 29.0 Å². The van der Waals surface area contributed by atoms with Crippen LogP contribution in [-0.2, 0) is 6.42 Å². The predicted molar refractivity (Wildman–Crippen MR) is 70.9 cm³/mol. The van der Waals surface area contributed by atoms with Crippen LogP contribution in [0.1, 0.15) is 23.2 Å². The predicted octanol–water partition coefficient (Wildman–Crippen LogP) is 1.47. The summed E-state index contributed by atoms with van der Waals surface area (Å²) in [5.41, 5.74) is 0.290. The van der Waals surface area contributed by atoms with Crippen LogP contribution < -0.4 is 10.6 Å². The minimum atomic E-state index is -0.247. The second-order valence-corrected chi connectivity index (χ2v) is 4.20. The number of carbonyl (C=O) groups excluding carboxylic acids is 1. The summed E-state index contributed by atoms with van der Waals surface area (Å²) in [6.07, 6.45) is 5.25. The molecule has 0 saturated carbocycles. The molecule has 19 heavy (non-hydrogen) atoms. The molecule has 0 bridgehead atoms. The van der Waals surface area contributed by atoms with Crippen molar-refractivity contribution in [3.63, 3.8) is 0 Å². The van der Waals surface area contributed by atoms with Gasteiger partial charge in [0.2, 0.25) is 0 Å². The van der Waals surface area contributed by atoms with E-state index in [0.717, 1.165) is 5.76 Å². The zero-order valence-electron chi connectivity index (χ0n) is 10.9. The highest BCUT2D eigenvalue weighted by atomic mass is 16.3. The third kappa shape index (κ3) is 3.54. The van der Waals surface area contributed by atoms with E-state index in [-0.39, 0.29) is 17.6 Å². The van der Waals surface area contributed by atoms with E-state index in [0.29, 0.717) is 12.2 Å². The molecule has 2 heterocycles. The Morgan fingerprint density at radius 1 is 1.47 bits per heavy atom. The molecule has 0 fully saturated rings. The highest BCUT2D eigenvalue weighted by Gasteiger charge is 2.13. The van der Waals surface area contributed by atoms with Gasteiger partial charge in [-0.2, -0.15) is 0 Å². The molecule has 1 amide bonds. The van der Waals surface area contributed by atoms with Crippen molar-refractivity contribution in [3.05, 3.63) is 42.2 Å². The van der Waals surface area contributed by atoms with Crippen molar-refractivity contribution in [2.45, 2.75) is 19.4 Å². The molecule has 2 aromatic heterocycles. The molecule has 0 aromatic carbocycles. The third-order valence-electron chi connectivity index (χ3n) is 2.59. The highest BCUT2D eigenvalue weighted by molar-refractivity contribution is 5.92. The van der Waals surface area contributed by atoms with Gasteiger partial charge in [0.25, 0.3) is 5.91 Å². The Kier molecular flexibility index (Phi) is 4.12. The Hall–Kier alpha value is -2.37. The summed E-state index contributed by atoms with van der Waals surface area (Å²) in [7, 11) is 1.73. The summed E-state index contributed by atoms with van der Waals surface area (Å²) in [5, 5.41) is 5.70. The zero-order valence-corrected chi connectivity index (χ0v) is 10.9. The first-order valence-corrected chi connectivity index (χ1v) is 6.02. The van der Waals surface area contributed by atoms with Crippen molar-refractivity contribution in [2.75, 3.05) is 12.4 Å². The molecule has 0 aliphatic rings. The fraction of sp³-hybridized carbons (Fsp3) is 0.308. The molecule has 1 unspecified atom stereocenters. The van der Waals surface area contributed by atoms with E-state index in [9.17, 15) is 4.79 Å². The maximum atomic E-state index is 12.0. The number of nitrogens with one attached hydrogen (secondary N) is 2. The van der Waals surface area contributed by atoms with E-state index >= 15 is 0 Å². The Labute approximate surface area is 111 Å². The summed E-state index contributed by atoms with van der Waals surface area (Å²) in [6.45, 7) is 1.91. The molecule has 0 aliphatic heterocycles. The van der Waals surface area contributed by atoms with Gasteiger partial charge in [0, 0.05) is 19.5 Å². The molecule has 0 radical (unpaired) electrons. The van der Waals surface area contributed by atoms with Crippen molar-refractivity contribution in [2.24, 2.45) is 0 Å². The monoisotopic (exact) mass is 260 g/mol. The summed E-state index contributed by atoms with van der Waals surface area (Å²) in [5.74, 6) is 1.15. The third-order valence-corrected chi connectivity index (χ3v) is 2.59. The normalized spacial score (nSPS) is 11.9. The number of nitrogens with zero attached hydrogens (tertiary/aromatic N) is 2. The first-order chi connectivity index (χ1) is 9.19. The number of carbonyl (C=O) groups is 1. The van der Waals surface area contributed by atoms with E-state index in [1.165, 1.54) is 6.20 Å². The van der Waals surface area contributed by atoms with E-state index in [1.54, 1.807) is 19.5 Å². The number of anilines is 1. The Balaban J connectivity index is 1.96. The van der Waals surface area contributed by atoms with Crippen molar-refractivity contribution in [1.29, 1.82) is 0 Å². The van der Waals surface area contributed by atoms with Gasteiger partial charge < -0.3 is 15.1 Å². The molecule has 2 rings (SSSR count). The van der Waals surface area contributed by atoms with E-state index in [4.69, 9.17) is 4.42 Å². The maximum Gasteiger partial charge on any atom is 0.271 e. The van der Waals surface area contributed by atoms with Gasteiger partial charge in [-0.15, -0.1) is 0 Å². The van der Waals surface area contributed by atoms with E-state index < -0.39 is 0 Å². The van der Waals surface area contributed by atoms with E-state index in [2.05, 4.69) is 20.6 Å². The SMILES string of the molecule is CNc1cncc(C(=O)NC(C)Cc2ccco2)n1. The Morgan fingerprint density at radius 2 is 2.32 bits per heavy atom. The van der Waals surface area contributed by atoms with Crippen LogP contribution in [0.4, 0.5) is 5.82 Å². The fourth-order valence-electron chi connectivity index (χ4n) is 1.68. The Bertz CT molecular complexity index is 539. The average molecular weight is 260 g/mol. The molecule has 0 spiro atoms. The topological polar surface area (TPSA) is 80.0 Å². The number of hydrogen-bond donors (Lipinski definition) is 2. The molecule has 0 saturated heterocycles. The fourth-order valence-corrected chi connectivity index (χ4v) is 1.68. The summed E-state index contributed by atoms with van der Waals surface area (Å²) in [4.78, 5) is 20.1. The molecule has 100 valence electrons. The minimum absolute atomic E-state index is 0.0429. The first-order valence-electron chi connectivity index (χ1n) is 6.02. The van der Waals surface area contributed by atoms with Gasteiger partial charge in [-0.3, -0.25) is 9.78 Å². The summed E-state index contributed by atoms with van der Waals surface area (Å²) < 4.78 is 5.24. The van der Waals surface area contributed by atoms with Crippen molar-refractivity contribution < 1.29 is 9.21 Å². The molecular formula is C13H16N4O2. The molecule has 2 aromatic rings. The van der Waals surface area contributed by atoms with Gasteiger partial charge in [-0.1, -0.05) is 0 Å². The molecule has 1 atom stereocenters. The van der Waals surface area contributed by atoms with E-state index in [1.807, 2.05) is 19.1 Å². The highest BCUT2D eigenvalue weighted by Crippen LogP contribution is 2.05. The van der Waals surface area contributed by atoms with Crippen molar-refractivity contribution in [1.82, 2.24) is 15.3 Å². The quantitative estimate of drug-likeness (QED) is 0.851. The van der Waals surface area contributed by atoms with Crippen LogP contribution in [0.5, 0.6) is 0 Å². The lowest BCUT2D eigenvalue weighted by atomic mass is 10.2. The van der Waals surface area contributed by atoms with Crippen LogP contribution >= 0.6 is 0 Å². The van der Waals surface area contributed by atoms with Gasteiger partial charge in [0.05, 0.1) is 18.7 Å². The number of furan rings is 1. The van der Waals surface area contributed by atoms with Gasteiger partial charge in [-0.25, -0.2) is 4.98 Å². The molecular weight excluding hydrogens is 244 g/mol. The number of hydrogen-bond acceptors (Lipinski definition) is 5. The molecule has 0 aliphatic carbocycles. The van der Waals surface area contributed by atoms with Gasteiger partial charge in [0.15, 0.2) is 0 Å². The van der Waals surface area contributed by atoms with Crippen LogP contribution in [0.3, 0.4) is 0 Å². The molecule has 6 heteroatoms. The summed E-state index contributed by atoms with van der Waals surface area (Å²) in [6, 6.07) is 3.66. The first kappa shape index (κ1) is 13.1.